The Morgan fingerprint density at radius 3 is 2.67 bits per heavy atom. The van der Waals surface area contributed by atoms with Crippen LogP contribution in [0.2, 0.25) is 0 Å². The first-order valence-electron chi connectivity index (χ1n) is 6.46. The van der Waals surface area contributed by atoms with Gasteiger partial charge in [0, 0.05) is 29.7 Å². The van der Waals surface area contributed by atoms with Gasteiger partial charge < -0.3 is 10.8 Å². The summed E-state index contributed by atoms with van der Waals surface area (Å²) in [5.74, 6) is 0. The molecular formula is C14H23BrN2O. The van der Waals surface area contributed by atoms with Crippen LogP contribution in [0.15, 0.2) is 28.7 Å². The van der Waals surface area contributed by atoms with Crippen LogP contribution in [0.4, 0.5) is 0 Å². The van der Waals surface area contributed by atoms with Gasteiger partial charge in [0.25, 0.3) is 0 Å². The van der Waals surface area contributed by atoms with Gasteiger partial charge in [-0.25, -0.2) is 0 Å². The summed E-state index contributed by atoms with van der Waals surface area (Å²) in [7, 11) is 0. The minimum atomic E-state index is 0.0537. The summed E-state index contributed by atoms with van der Waals surface area (Å²) in [5, 5.41) is 8.98. The first-order valence-corrected chi connectivity index (χ1v) is 7.25. The lowest BCUT2D eigenvalue weighted by molar-refractivity contribution is 0.165. The number of halogens is 1. The van der Waals surface area contributed by atoms with Crippen LogP contribution in [0.3, 0.4) is 0 Å². The van der Waals surface area contributed by atoms with E-state index in [2.05, 4.69) is 39.9 Å². The molecule has 0 aromatic heterocycles. The van der Waals surface area contributed by atoms with Gasteiger partial charge in [0.15, 0.2) is 0 Å². The third-order valence-corrected chi connectivity index (χ3v) is 3.58. The first-order chi connectivity index (χ1) is 8.60. The predicted octanol–water partition coefficient (Wildman–Crippen LogP) is 2.54. The number of nitrogens with two attached hydrogens (primary N) is 1. The molecule has 18 heavy (non-hydrogen) atoms. The van der Waals surface area contributed by atoms with Gasteiger partial charge in [-0.2, -0.15) is 0 Å². The summed E-state index contributed by atoms with van der Waals surface area (Å²) in [5.41, 5.74) is 7.37. The molecule has 2 unspecified atom stereocenters. The van der Waals surface area contributed by atoms with Crippen molar-refractivity contribution >= 4 is 15.9 Å². The van der Waals surface area contributed by atoms with Crippen LogP contribution < -0.4 is 5.73 Å². The number of nitrogens with zero attached hydrogens (tertiary/aromatic N) is 1. The van der Waals surface area contributed by atoms with E-state index >= 15 is 0 Å². The molecule has 0 aliphatic rings. The van der Waals surface area contributed by atoms with E-state index in [0.717, 1.165) is 24.0 Å². The third kappa shape index (κ3) is 4.35. The van der Waals surface area contributed by atoms with Crippen LogP contribution in [0.1, 0.15) is 31.9 Å². The summed E-state index contributed by atoms with van der Waals surface area (Å²) in [4.78, 5) is 2.32. The molecule has 0 spiro atoms. The third-order valence-electron chi connectivity index (χ3n) is 3.09. The Morgan fingerprint density at radius 1 is 1.44 bits per heavy atom. The van der Waals surface area contributed by atoms with Gasteiger partial charge in [-0.15, -0.1) is 0 Å². The van der Waals surface area contributed by atoms with Crippen LogP contribution in [0, 0.1) is 0 Å². The lowest BCUT2D eigenvalue weighted by Gasteiger charge is -2.34. The van der Waals surface area contributed by atoms with Crippen molar-refractivity contribution in [2.24, 2.45) is 5.73 Å². The summed E-state index contributed by atoms with van der Waals surface area (Å²) in [6, 6.07) is 8.54. The maximum Gasteiger partial charge on any atom is 0.0496 e. The summed E-state index contributed by atoms with van der Waals surface area (Å²) in [6.45, 7) is 6.18. The topological polar surface area (TPSA) is 49.5 Å². The van der Waals surface area contributed by atoms with Gasteiger partial charge in [0.2, 0.25) is 0 Å². The fourth-order valence-electron chi connectivity index (χ4n) is 2.31. The Hall–Kier alpha value is -0.420. The quantitative estimate of drug-likeness (QED) is 0.813. The second-order valence-electron chi connectivity index (χ2n) is 4.56. The average molecular weight is 315 g/mol. The molecule has 0 bridgehead atoms. The molecule has 1 aromatic rings. The Kier molecular flexibility index (Phi) is 6.86. The highest BCUT2D eigenvalue weighted by molar-refractivity contribution is 9.10. The Balaban J connectivity index is 2.93. The molecular weight excluding hydrogens is 292 g/mol. The van der Waals surface area contributed by atoms with Gasteiger partial charge in [-0.3, -0.25) is 4.90 Å². The summed E-state index contributed by atoms with van der Waals surface area (Å²) < 4.78 is 1.07. The highest BCUT2D eigenvalue weighted by atomic mass is 79.9. The van der Waals surface area contributed by atoms with Crippen LogP contribution >= 0.6 is 15.9 Å². The van der Waals surface area contributed by atoms with E-state index in [1.54, 1.807) is 0 Å². The van der Waals surface area contributed by atoms with E-state index in [9.17, 15) is 0 Å². The van der Waals surface area contributed by atoms with Crippen molar-refractivity contribution in [2.45, 2.75) is 32.4 Å². The summed E-state index contributed by atoms with van der Waals surface area (Å²) >= 11 is 3.50. The van der Waals surface area contributed by atoms with Crippen LogP contribution in [0.25, 0.3) is 0 Å². The molecule has 1 rings (SSSR count). The maximum atomic E-state index is 8.98. The molecule has 0 fully saturated rings. The number of benzene rings is 1. The van der Waals surface area contributed by atoms with Crippen molar-refractivity contribution in [2.75, 3.05) is 19.7 Å². The zero-order valence-electron chi connectivity index (χ0n) is 11.1. The average Bonchev–Trinajstić information content (AvgIpc) is 2.33. The molecule has 102 valence electrons. The molecule has 0 aliphatic carbocycles. The van der Waals surface area contributed by atoms with Crippen LogP contribution in [-0.2, 0) is 0 Å². The zero-order valence-corrected chi connectivity index (χ0v) is 12.7. The molecule has 0 radical (unpaired) electrons. The number of aliphatic hydroxyl groups is 1. The lowest BCUT2D eigenvalue weighted by Crippen LogP contribution is -2.40. The van der Waals surface area contributed by atoms with Crippen molar-refractivity contribution in [1.29, 1.82) is 0 Å². The maximum absolute atomic E-state index is 8.98. The summed E-state index contributed by atoms with van der Waals surface area (Å²) in [6.07, 6.45) is 0.783. The minimum absolute atomic E-state index is 0.0537. The van der Waals surface area contributed by atoms with Crippen molar-refractivity contribution in [3.8, 4) is 0 Å². The standard InChI is InChI=1S/C14H23BrN2O/c1-3-17(8-5-9-18)14(11(2)16)12-6-4-7-13(15)10-12/h4,6-7,10-11,14,18H,3,5,8-9,16H2,1-2H3. The SMILES string of the molecule is CCN(CCCO)C(c1cccc(Br)c1)C(C)N. The van der Waals surface area contributed by atoms with Gasteiger partial charge in [0.05, 0.1) is 0 Å². The zero-order chi connectivity index (χ0) is 13.5. The Bertz CT molecular complexity index is 357. The number of hydrogen-bond acceptors (Lipinski definition) is 3. The molecule has 3 N–H and O–H groups in total. The van der Waals surface area contributed by atoms with Crippen molar-refractivity contribution in [3.05, 3.63) is 34.3 Å². The van der Waals surface area contributed by atoms with E-state index in [-0.39, 0.29) is 18.7 Å². The molecule has 0 amide bonds. The first kappa shape index (κ1) is 15.6. The highest BCUT2D eigenvalue weighted by Gasteiger charge is 2.22. The highest BCUT2D eigenvalue weighted by Crippen LogP contribution is 2.26. The molecule has 2 atom stereocenters. The fourth-order valence-corrected chi connectivity index (χ4v) is 2.72. The molecule has 1 aromatic carbocycles. The monoisotopic (exact) mass is 314 g/mol. The van der Waals surface area contributed by atoms with Gasteiger partial charge >= 0.3 is 0 Å². The number of rotatable bonds is 7. The van der Waals surface area contributed by atoms with E-state index in [4.69, 9.17) is 10.8 Å². The van der Waals surface area contributed by atoms with E-state index < -0.39 is 0 Å². The van der Waals surface area contributed by atoms with E-state index in [0.29, 0.717) is 0 Å². The largest absolute Gasteiger partial charge is 0.396 e. The minimum Gasteiger partial charge on any atom is -0.396 e. The molecule has 0 aliphatic heterocycles. The molecule has 0 heterocycles. The normalized spacial score (nSPS) is 14.8. The van der Waals surface area contributed by atoms with Gasteiger partial charge in [-0.1, -0.05) is 35.0 Å². The smallest absolute Gasteiger partial charge is 0.0496 e. The lowest BCUT2D eigenvalue weighted by atomic mass is 9.99. The van der Waals surface area contributed by atoms with Crippen molar-refractivity contribution in [3.63, 3.8) is 0 Å². The molecule has 3 nitrogen and oxygen atoms in total. The molecule has 0 saturated heterocycles. The van der Waals surface area contributed by atoms with Gasteiger partial charge in [-0.05, 0) is 37.6 Å². The van der Waals surface area contributed by atoms with E-state index in [1.165, 1.54) is 5.56 Å². The fraction of sp³-hybridized carbons (Fsp3) is 0.571. The number of hydrogen-bond donors (Lipinski definition) is 2. The Morgan fingerprint density at radius 2 is 2.17 bits per heavy atom. The molecule has 0 saturated carbocycles. The predicted molar refractivity (Wildman–Crippen MR) is 79.5 cm³/mol. The molecule has 4 heteroatoms. The van der Waals surface area contributed by atoms with Crippen molar-refractivity contribution in [1.82, 2.24) is 4.90 Å². The van der Waals surface area contributed by atoms with Gasteiger partial charge in [0.1, 0.15) is 0 Å². The Labute approximate surface area is 118 Å². The van der Waals surface area contributed by atoms with Crippen LogP contribution in [-0.4, -0.2) is 35.7 Å². The van der Waals surface area contributed by atoms with Crippen molar-refractivity contribution < 1.29 is 5.11 Å². The number of likely N-dealkylation sites (N-methyl/N-ethyl adjacent to an activating group) is 1. The van der Waals surface area contributed by atoms with E-state index in [1.807, 2.05) is 19.1 Å². The van der Waals surface area contributed by atoms with Crippen LogP contribution in [0.5, 0.6) is 0 Å². The second-order valence-corrected chi connectivity index (χ2v) is 5.48. The second kappa shape index (κ2) is 7.89. The number of aliphatic hydroxyl groups excluding tert-OH is 1.